The number of phenols is 1. The Labute approximate surface area is 97.9 Å². The summed E-state index contributed by atoms with van der Waals surface area (Å²) in [6.45, 7) is 5.61. The fourth-order valence-corrected chi connectivity index (χ4v) is 2.83. The summed E-state index contributed by atoms with van der Waals surface area (Å²) in [7, 11) is 0. The number of likely N-dealkylation sites (tertiary alicyclic amines) is 1. The molecule has 1 N–H and O–H groups in total. The van der Waals surface area contributed by atoms with Crippen molar-refractivity contribution in [3.8, 4) is 5.75 Å². The van der Waals surface area contributed by atoms with Crippen molar-refractivity contribution in [1.29, 1.82) is 0 Å². The van der Waals surface area contributed by atoms with Gasteiger partial charge < -0.3 is 5.11 Å². The van der Waals surface area contributed by atoms with E-state index in [1.54, 1.807) is 6.07 Å². The summed E-state index contributed by atoms with van der Waals surface area (Å²) in [5.74, 6) is 0.428. The molecule has 0 amide bonds. The molecule has 1 aromatic carbocycles. The molecule has 2 atom stereocenters. The molecule has 1 aliphatic heterocycles. The van der Waals surface area contributed by atoms with Gasteiger partial charge in [-0.1, -0.05) is 25.1 Å². The first-order valence-corrected chi connectivity index (χ1v) is 6.27. The fraction of sp³-hybridized carbons (Fsp3) is 0.571. The highest BCUT2D eigenvalue weighted by molar-refractivity contribution is 5.34. The third kappa shape index (κ3) is 2.07. The summed E-state index contributed by atoms with van der Waals surface area (Å²) < 4.78 is 0. The predicted octanol–water partition coefficient (Wildman–Crippen LogP) is 3.33. The van der Waals surface area contributed by atoms with Gasteiger partial charge in [-0.15, -0.1) is 0 Å². The average Bonchev–Trinajstić information content (AvgIpc) is 2.77. The molecule has 88 valence electrons. The average molecular weight is 219 g/mol. The summed E-state index contributed by atoms with van der Waals surface area (Å²) in [5.41, 5.74) is 1.06. The number of rotatable bonds is 3. The molecule has 1 heterocycles. The number of aromatic hydroxyl groups is 1. The van der Waals surface area contributed by atoms with Gasteiger partial charge in [0.2, 0.25) is 0 Å². The predicted molar refractivity (Wildman–Crippen MR) is 66.5 cm³/mol. The van der Waals surface area contributed by atoms with Crippen LogP contribution in [-0.4, -0.2) is 22.6 Å². The number of hydrogen-bond donors (Lipinski definition) is 1. The van der Waals surface area contributed by atoms with E-state index in [0.29, 0.717) is 17.8 Å². The first-order chi connectivity index (χ1) is 7.74. The standard InChI is InChI=1S/C14H21NO/c1-3-12-7-6-10-15(12)11(2)13-8-4-5-9-14(13)16/h4-5,8-9,11-12,16H,3,6-7,10H2,1-2H3. The van der Waals surface area contributed by atoms with Crippen molar-refractivity contribution in [1.82, 2.24) is 4.90 Å². The summed E-state index contributed by atoms with van der Waals surface area (Å²) in [6, 6.07) is 8.71. The topological polar surface area (TPSA) is 23.5 Å². The second kappa shape index (κ2) is 4.88. The van der Waals surface area contributed by atoms with Crippen LogP contribution in [0.1, 0.15) is 44.7 Å². The maximum Gasteiger partial charge on any atom is 0.120 e. The number of phenolic OH excluding ortho intramolecular Hbond substituents is 1. The van der Waals surface area contributed by atoms with Crippen molar-refractivity contribution >= 4 is 0 Å². The van der Waals surface area contributed by atoms with Gasteiger partial charge in [-0.25, -0.2) is 0 Å². The van der Waals surface area contributed by atoms with Crippen molar-refractivity contribution < 1.29 is 5.11 Å². The first kappa shape index (κ1) is 11.5. The Kier molecular flexibility index (Phi) is 3.49. The van der Waals surface area contributed by atoms with E-state index in [2.05, 4.69) is 18.7 Å². The van der Waals surface area contributed by atoms with Crippen LogP contribution in [0.5, 0.6) is 5.75 Å². The normalized spacial score (nSPS) is 23.5. The highest BCUT2D eigenvalue weighted by Crippen LogP contribution is 2.34. The molecule has 0 aliphatic carbocycles. The van der Waals surface area contributed by atoms with Gasteiger partial charge in [-0.05, 0) is 38.8 Å². The molecule has 2 heteroatoms. The van der Waals surface area contributed by atoms with Gasteiger partial charge in [0, 0.05) is 17.6 Å². The summed E-state index contributed by atoms with van der Waals surface area (Å²) in [5, 5.41) is 9.87. The zero-order valence-electron chi connectivity index (χ0n) is 10.2. The van der Waals surface area contributed by atoms with Gasteiger partial charge in [0.1, 0.15) is 5.75 Å². The minimum absolute atomic E-state index is 0.327. The van der Waals surface area contributed by atoms with Crippen LogP contribution >= 0.6 is 0 Å². The lowest BCUT2D eigenvalue weighted by Crippen LogP contribution is -2.31. The molecule has 1 aromatic rings. The SMILES string of the molecule is CCC1CCCN1C(C)c1ccccc1O. The summed E-state index contributed by atoms with van der Waals surface area (Å²) >= 11 is 0. The third-order valence-electron chi connectivity index (χ3n) is 3.78. The fourth-order valence-electron chi connectivity index (χ4n) is 2.83. The van der Waals surface area contributed by atoms with E-state index in [1.807, 2.05) is 18.2 Å². The Balaban J connectivity index is 2.18. The van der Waals surface area contributed by atoms with Crippen LogP contribution < -0.4 is 0 Å². The van der Waals surface area contributed by atoms with Gasteiger partial charge in [0.05, 0.1) is 0 Å². The highest BCUT2D eigenvalue weighted by atomic mass is 16.3. The van der Waals surface area contributed by atoms with Crippen molar-refractivity contribution in [2.24, 2.45) is 0 Å². The zero-order valence-corrected chi connectivity index (χ0v) is 10.2. The Hall–Kier alpha value is -1.02. The molecule has 1 aliphatic rings. The van der Waals surface area contributed by atoms with Crippen LogP contribution in [-0.2, 0) is 0 Å². The molecule has 0 saturated carbocycles. The van der Waals surface area contributed by atoms with Gasteiger partial charge in [-0.2, -0.15) is 0 Å². The van der Waals surface area contributed by atoms with Crippen molar-refractivity contribution in [2.45, 2.75) is 45.2 Å². The largest absolute Gasteiger partial charge is 0.508 e. The molecule has 0 aromatic heterocycles. The molecule has 1 saturated heterocycles. The molecular formula is C14H21NO. The van der Waals surface area contributed by atoms with Gasteiger partial charge >= 0.3 is 0 Å². The quantitative estimate of drug-likeness (QED) is 0.843. The second-order valence-electron chi connectivity index (χ2n) is 4.68. The first-order valence-electron chi connectivity index (χ1n) is 6.27. The summed E-state index contributed by atoms with van der Waals surface area (Å²) in [6.07, 6.45) is 3.79. The number of benzene rings is 1. The lowest BCUT2D eigenvalue weighted by molar-refractivity contribution is 0.186. The Morgan fingerprint density at radius 3 is 2.88 bits per heavy atom. The van der Waals surface area contributed by atoms with Crippen LogP contribution in [0.25, 0.3) is 0 Å². The molecule has 1 fully saturated rings. The highest BCUT2D eigenvalue weighted by Gasteiger charge is 2.28. The maximum atomic E-state index is 9.87. The summed E-state index contributed by atoms with van der Waals surface area (Å²) in [4.78, 5) is 2.52. The van der Waals surface area contributed by atoms with Gasteiger partial charge in [-0.3, -0.25) is 4.90 Å². The number of hydrogen-bond acceptors (Lipinski definition) is 2. The van der Waals surface area contributed by atoms with Crippen LogP contribution in [0.2, 0.25) is 0 Å². The molecule has 2 unspecified atom stereocenters. The van der Waals surface area contributed by atoms with E-state index in [0.717, 1.165) is 12.1 Å². The molecule has 16 heavy (non-hydrogen) atoms. The zero-order chi connectivity index (χ0) is 11.5. The van der Waals surface area contributed by atoms with E-state index in [-0.39, 0.29) is 0 Å². The monoisotopic (exact) mass is 219 g/mol. The smallest absolute Gasteiger partial charge is 0.120 e. The van der Waals surface area contributed by atoms with E-state index in [4.69, 9.17) is 0 Å². The Morgan fingerprint density at radius 2 is 2.19 bits per heavy atom. The van der Waals surface area contributed by atoms with Crippen LogP contribution in [0, 0.1) is 0 Å². The van der Waals surface area contributed by atoms with Gasteiger partial charge in [0.25, 0.3) is 0 Å². The van der Waals surface area contributed by atoms with E-state index in [9.17, 15) is 5.11 Å². The Bertz CT molecular complexity index is 350. The Morgan fingerprint density at radius 1 is 1.44 bits per heavy atom. The second-order valence-corrected chi connectivity index (χ2v) is 4.68. The molecule has 0 radical (unpaired) electrons. The van der Waals surface area contributed by atoms with Crippen molar-refractivity contribution in [3.63, 3.8) is 0 Å². The lowest BCUT2D eigenvalue weighted by atomic mass is 10.0. The maximum absolute atomic E-state index is 9.87. The van der Waals surface area contributed by atoms with E-state index >= 15 is 0 Å². The third-order valence-corrected chi connectivity index (χ3v) is 3.78. The molecular weight excluding hydrogens is 198 g/mol. The van der Waals surface area contributed by atoms with Crippen LogP contribution in [0.4, 0.5) is 0 Å². The van der Waals surface area contributed by atoms with Crippen molar-refractivity contribution in [2.75, 3.05) is 6.54 Å². The molecule has 2 rings (SSSR count). The van der Waals surface area contributed by atoms with Gasteiger partial charge in [0.15, 0.2) is 0 Å². The lowest BCUT2D eigenvalue weighted by Gasteiger charge is -2.30. The molecule has 2 nitrogen and oxygen atoms in total. The van der Waals surface area contributed by atoms with Crippen LogP contribution in [0.3, 0.4) is 0 Å². The minimum Gasteiger partial charge on any atom is -0.508 e. The molecule has 0 spiro atoms. The van der Waals surface area contributed by atoms with Crippen LogP contribution in [0.15, 0.2) is 24.3 Å². The number of nitrogens with zero attached hydrogens (tertiary/aromatic N) is 1. The van der Waals surface area contributed by atoms with E-state index in [1.165, 1.54) is 19.3 Å². The number of para-hydroxylation sites is 1. The van der Waals surface area contributed by atoms with E-state index < -0.39 is 0 Å². The minimum atomic E-state index is 0.327. The van der Waals surface area contributed by atoms with Crippen molar-refractivity contribution in [3.05, 3.63) is 29.8 Å². The molecule has 0 bridgehead atoms.